The van der Waals surface area contributed by atoms with Crippen molar-refractivity contribution in [2.45, 2.75) is 197 Å². The molecular weight excluding hydrogens is 1030 g/mol. The highest BCUT2D eigenvalue weighted by Gasteiger charge is 2.59. The quantitative estimate of drug-likeness (QED) is 0.0968. The second-order valence-corrected chi connectivity index (χ2v) is 18.9. The molecule has 12 bridgehead atoms. The van der Waals surface area contributed by atoms with E-state index in [1.807, 2.05) is 0 Å². The van der Waals surface area contributed by atoms with E-state index in [9.17, 15) is 91.6 Å². The van der Waals surface area contributed by atoms with Gasteiger partial charge < -0.3 is 153 Å². The van der Waals surface area contributed by atoms with Crippen molar-refractivity contribution < 1.29 is 153 Å². The molecule has 23 heterocycles. The molecule has 1 aromatic heterocycles. The van der Waals surface area contributed by atoms with Crippen molar-refractivity contribution in [1.82, 2.24) is 9.55 Å². The van der Waals surface area contributed by atoms with Gasteiger partial charge in [-0.3, -0.25) is 4.79 Å². The van der Waals surface area contributed by atoms with Crippen LogP contribution in [0.4, 0.5) is 0 Å². The van der Waals surface area contributed by atoms with E-state index in [0.29, 0.717) is 0 Å². The summed E-state index contributed by atoms with van der Waals surface area (Å²) >= 11 is 0. The van der Waals surface area contributed by atoms with Crippen molar-refractivity contribution >= 4 is 5.97 Å². The zero-order chi connectivity index (χ0) is 54.2. The van der Waals surface area contributed by atoms with E-state index >= 15 is 0 Å². The van der Waals surface area contributed by atoms with E-state index in [4.69, 9.17) is 61.6 Å². The van der Waals surface area contributed by atoms with Crippen molar-refractivity contribution in [3.63, 3.8) is 0 Å². The van der Waals surface area contributed by atoms with Crippen molar-refractivity contribution in [3.05, 3.63) is 18.7 Å². The highest BCUT2D eigenvalue weighted by Crippen LogP contribution is 2.38. The Hall–Kier alpha value is -2.48. The third kappa shape index (κ3) is 12.0. The topological polar surface area (TPSA) is 499 Å². The zero-order valence-corrected chi connectivity index (χ0v) is 39.4. The van der Waals surface area contributed by atoms with Crippen LogP contribution in [-0.2, 0) is 72.9 Å². The van der Waals surface area contributed by atoms with E-state index in [1.54, 1.807) is 0 Å². The van der Waals surface area contributed by atoms with Crippen molar-refractivity contribution in [2.24, 2.45) is 0 Å². The molecule has 17 N–H and O–H groups in total. The summed E-state index contributed by atoms with van der Waals surface area (Å²) < 4.78 is 76.4. The maximum Gasteiger partial charge on any atom is 0.308 e. The number of aliphatic hydroxyl groups excluding tert-OH is 17. The van der Waals surface area contributed by atoms with Crippen molar-refractivity contribution in [1.29, 1.82) is 0 Å². The number of hydrogen-bond acceptors (Lipinski definition) is 32. The van der Waals surface area contributed by atoms with Gasteiger partial charge in [-0.05, 0) is 0 Å². The number of carbonyl (C=O) groups excluding carboxylic acids is 1. The molecule has 22 fully saturated rings. The lowest BCUT2D eigenvalue weighted by Gasteiger charge is -2.51. The first-order valence-electron chi connectivity index (χ1n) is 24.0. The normalized spacial score (nSPS) is 50.0. The second kappa shape index (κ2) is 25.3. The van der Waals surface area contributed by atoms with Crippen molar-refractivity contribution in [2.75, 3.05) is 39.6 Å². The second-order valence-electron chi connectivity index (χ2n) is 18.9. The molecule has 0 unspecified atom stereocenters. The van der Waals surface area contributed by atoms with Gasteiger partial charge in [0, 0.05) is 18.9 Å². The van der Waals surface area contributed by atoms with E-state index in [1.165, 1.54) is 23.3 Å². The number of rotatable bonds is 10. The summed E-state index contributed by atoms with van der Waals surface area (Å²) in [7, 11) is 0. The highest BCUT2D eigenvalue weighted by molar-refractivity contribution is 5.69. The Morgan fingerprint density at radius 2 is 0.653 bits per heavy atom. The van der Waals surface area contributed by atoms with E-state index < -0.39 is 230 Å². The molecule has 430 valence electrons. The minimum absolute atomic E-state index is 0.00139. The number of imidazole rings is 1. The maximum absolute atomic E-state index is 13.4. The lowest BCUT2D eigenvalue weighted by Crippen LogP contribution is -2.69. The summed E-state index contributed by atoms with van der Waals surface area (Å²) in [6, 6.07) is 0. The van der Waals surface area contributed by atoms with Crippen LogP contribution in [0.25, 0.3) is 0 Å². The molecule has 22 aliphatic heterocycles. The van der Waals surface area contributed by atoms with E-state index in [2.05, 4.69) is 4.98 Å². The van der Waals surface area contributed by atoms with Gasteiger partial charge in [-0.1, -0.05) is 0 Å². The fourth-order valence-corrected chi connectivity index (χ4v) is 9.90. The molecule has 0 aliphatic carbocycles. The third-order valence-corrected chi connectivity index (χ3v) is 14.0. The van der Waals surface area contributed by atoms with Gasteiger partial charge >= 0.3 is 5.97 Å². The summed E-state index contributed by atoms with van der Waals surface area (Å²) in [5, 5.41) is 188. The summed E-state index contributed by atoms with van der Waals surface area (Å²) in [4.78, 5) is 17.3. The van der Waals surface area contributed by atoms with Gasteiger partial charge in [-0.15, -0.1) is 0 Å². The molecule has 0 saturated carbocycles. The van der Waals surface area contributed by atoms with Crippen LogP contribution in [0, 0.1) is 0 Å². The fraction of sp³-hybridized carbons (Fsp3) is 0.905. The molecule has 33 nitrogen and oxygen atoms in total. The summed E-state index contributed by atoms with van der Waals surface area (Å²) in [5.41, 5.74) is 0. The summed E-state index contributed by atoms with van der Waals surface area (Å²) in [6.07, 6.45) is -55.5. The Labute approximate surface area is 423 Å². The molecule has 0 amide bonds. The van der Waals surface area contributed by atoms with Crippen LogP contribution in [0.5, 0.6) is 0 Å². The van der Waals surface area contributed by atoms with Crippen molar-refractivity contribution in [3.8, 4) is 0 Å². The number of nitrogens with zero attached hydrogens (tertiary/aromatic N) is 2. The molecule has 33 heteroatoms. The number of hydrogen-bond donors (Lipinski definition) is 17. The maximum atomic E-state index is 13.4. The standard InChI is InChI=1S/C42H66N2O31/c45-5-12-30-19(52)24(57)37(63-12)71-31-13(6-46)65-39(26(59)21(31)54)73-33-15(8-48)67-41(28(61)23(33)56)75-35-17(10-50)68-42(29(62)36(35)69-18(51)1-3-44-4-2-43-11-44)74-34-16(9-49)66-40(27(60)22(34)55)72-32-14(7-47)64-38(70-30)25(58)20(32)53/h2,4,11-17,19-42,45-50,52-62H,1,3,5-10H2/t12-,13-,14-,15-,16-,17-,19-,20-,21-,22-,23-,24-,25-,26-,27-,28-,29-,30-,31-,32-,33-,34-,35+,36-,37-,38-,39-,40-,41-,42-/m1/s1. The van der Waals surface area contributed by atoms with Crippen LogP contribution in [0.1, 0.15) is 6.42 Å². The number of ether oxygens (including phenoxy) is 13. The fourth-order valence-electron chi connectivity index (χ4n) is 9.90. The molecule has 22 saturated heterocycles. The molecule has 22 aliphatic rings. The predicted octanol–water partition coefficient (Wildman–Crippen LogP) is -12.2. The first kappa shape index (κ1) is 58.7. The minimum Gasteiger partial charge on any atom is -0.456 e. The van der Waals surface area contributed by atoms with Crippen LogP contribution in [-0.4, -0.2) is 326 Å². The Kier molecular flexibility index (Phi) is 19.8. The third-order valence-electron chi connectivity index (χ3n) is 14.0. The van der Waals surface area contributed by atoms with Gasteiger partial charge in [-0.2, -0.15) is 0 Å². The summed E-state index contributed by atoms with van der Waals surface area (Å²) in [6.45, 7) is -6.17. The van der Waals surface area contributed by atoms with Crippen LogP contribution < -0.4 is 0 Å². The highest BCUT2D eigenvalue weighted by atomic mass is 16.8. The predicted molar refractivity (Wildman–Crippen MR) is 227 cm³/mol. The van der Waals surface area contributed by atoms with E-state index in [0.717, 1.165) is 0 Å². The molecule has 1 aromatic rings. The van der Waals surface area contributed by atoms with Crippen LogP contribution in [0.3, 0.4) is 0 Å². The van der Waals surface area contributed by atoms with Gasteiger partial charge in [-0.25, -0.2) is 4.98 Å². The Morgan fingerprint density at radius 1 is 0.387 bits per heavy atom. The van der Waals surface area contributed by atoms with Crippen LogP contribution in [0.15, 0.2) is 18.7 Å². The number of aromatic nitrogens is 2. The average molecular weight is 1090 g/mol. The van der Waals surface area contributed by atoms with Gasteiger partial charge in [0.1, 0.15) is 140 Å². The number of carbonyl (C=O) groups is 1. The Morgan fingerprint density at radius 3 is 0.920 bits per heavy atom. The molecule has 30 atom stereocenters. The molecule has 0 aromatic carbocycles. The van der Waals surface area contributed by atoms with Crippen LogP contribution >= 0.6 is 0 Å². The monoisotopic (exact) mass is 1090 g/mol. The summed E-state index contributed by atoms with van der Waals surface area (Å²) in [5.74, 6) is -1.00. The van der Waals surface area contributed by atoms with Gasteiger partial charge in [0.2, 0.25) is 0 Å². The molecule has 0 spiro atoms. The first-order chi connectivity index (χ1) is 35.9. The number of esters is 1. The number of aliphatic hydroxyl groups is 17. The molecular formula is C42H66N2O31. The Bertz CT molecular complexity index is 1920. The van der Waals surface area contributed by atoms with Gasteiger partial charge in [0.05, 0.1) is 52.4 Å². The van der Waals surface area contributed by atoms with Gasteiger partial charge in [0.15, 0.2) is 43.8 Å². The lowest BCUT2D eigenvalue weighted by molar-refractivity contribution is -0.404. The number of aryl methyl sites for hydroxylation is 1. The largest absolute Gasteiger partial charge is 0.456 e. The van der Waals surface area contributed by atoms with Gasteiger partial charge in [0.25, 0.3) is 0 Å². The molecule has 75 heavy (non-hydrogen) atoms. The lowest BCUT2D eigenvalue weighted by atomic mass is 9.94. The van der Waals surface area contributed by atoms with E-state index in [-0.39, 0.29) is 13.0 Å². The SMILES string of the molecule is O=C(CCn1ccnc1)O[C@@H]1[C@@H](O)[C@H]2O[C@H]3[C@H](O)[C@@H](O)[C@@H](O[C@H]4[C@H](O)[C@@H](O)[C@@H](O[C@H]5[C@H](O)[C@@H](O)[C@@H](O[C@H]6[C@H](O)[C@@H](O)[C@@H](O[C@H]7[C@H](O)[C@@H](O)[C@@H](O[C@H]1[C@@H](CO)O2)O[C@@H]7CO)O[C@@H]6CO)O[C@@H]5CO)O[C@@H]4CO)O[C@@H]3CO. The first-order valence-corrected chi connectivity index (χ1v) is 24.0. The smallest absolute Gasteiger partial charge is 0.308 e. The molecule has 0 radical (unpaired) electrons. The zero-order valence-electron chi connectivity index (χ0n) is 39.4. The average Bonchev–Trinajstić information content (AvgIpc) is 3.94. The van der Waals surface area contributed by atoms with Crippen LogP contribution in [0.2, 0.25) is 0 Å². The minimum atomic E-state index is -2.21. The molecule has 23 rings (SSSR count). The Balaban J connectivity index is 1.12.